The Kier molecular flexibility index (Phi) is 5.04. The summed E-state index contributed by atoms with van der Waals surface area (Å²) in [6.07, 6.45) is 0. The molecule has 5 heterocycles. The van der Waals surface area contributed by atoms with Gasteiger partial charge in [0.05, 0.1) is 11.2 Å². The van der Waals surface area contributed by atoms with Gasteiger partial charge in [0.1, 0.15) is 16.7 Å². The molecule has 51 heavy (non-hydrogen) atoms. The zero-order chi connectivity index (χ0) is 33.7. The third-order valence-corrected chi connectivity index (χ3v) is 11.5. The van der Waals surface area contributed by atoms with E-state index in [1.165, 1.54) is 49.6 Å². The Morgan fingerprint density at radius 1 is 0.549 bits per heavy atom. The summed E-state index contributed by atoms with van der Waals surface area (Å²) in [5.41, 5.74) is 15.7. The van der Waals surface area contributed by atoms with Crippen LogP contribution in [-0.4, -0.2) is 11.4 Å². The van der Waals surface area contributed by atoms with Gasteiger partial charge in [-0.2, -0.15) is 0 Å². The van der Waals surface area contributed by atoms with Crippen LogP contribution in [0.25, 0.3) is 82.5 Å². The van der Waals surface area contributed by atoms with Gasteiger partial charge < -0.3 is 18.2 Å². The molecule has 4 nitrogen and oxygen atoms in total. The fraction of sp³-hybridized carbons (Fsp3) is 0.0870. The summed E-state index contributed by atoms with van der Waals surface area (Å²) in [5, 5.41) is 6.93. The molecule has 5 heteroatoms. The van der Waals surface area contributed by atoms with Crippen LogP contribution in [0.4, 0.5) is 11.4 Å². The predicted molar refractivity (Wildman–Crippen MR) is 213 cm³/mol. The number of nitrogens with zero attached hydrogens (tertiary/aromatic N) is 2. The predicted octanol–water partition coefficient (Wildman–Crippen LogP) is 11.1. The molecule has 0 unspecified atom stereocenters. The summed E-state index contributed by atoms with van der Waals surface area (Å²) < 4.78 is 16.2. The van der Waals surface area contributed by atoms with Gasteiger partial charge >= 0.3 is 6.85 Å². The summed E-state index contributed by atoms with van der Waals surface area (Å²) >= 11 is 0. The van der Waals surface area contributed by atoms with Crippen molar-refractivity contribution in [2.45, 2.75) is 26.2 Å². The van der Waals surface area contributed by atoms with E-state index in [0.717, 1.165) is 60.8 Å². The van der Waals surface area contributed by atoms with Crippen LogP contribution in [0.2, 0.25) is 0 Å². The first-order chi connectivity index (χ1) is 24.9. The summed E-state index contributed by atoms with van der Waals surface area (Å²) in [6.45, 7) is 6.73. The molecule has 240 valence electrons. The van der Waals surface area contributed by atoms with Crippen LogP contribution in [0.1, 0.15) is 26.3 Å². The molecule has 0 bridgehead atoms. The molecule has 0 spiro atoms. The van der Waals surface area contributed by atoms with E-state index in [0.29, 0.717) is 0 Å². The summed E-state index contributed by atoms with van der Waals surface area (Å²) in [4.78, 5) is 2.58. The largest absolute Gasteiger partial charge is 0.454 e. The maximum absolute atomic E-state index is 6.96. The van der Waals surface area contributed by atoms with Crippen LogP contribution in [-0.2, 0) is 5.41 Å². The number of fused-ring (bicyclic) bond motifs is 14. The standard InChI is InChI=1S/C46H31BN2O2/c1-46(2,3)28-19-21-29(22-20-28)49-37-24-27-12-5-4-11-26(27)23-33(37)34-25-35-30-13-6-8-17-38(30)50-45(35)43-40(34)47(49)36-16-10-15-32-41(36)48(43)42-31-14-7-9-18-39(31)51-44(32)42/h4-25H,1-3H3. The van der Waals surface area contributed by atoms with Gasteiger partial charge in [0.2, 0.25) is 0 Å². The third kappa shape index (κ3) is 3.46. The second-order valence-corrected chi connectivity index (χ2v) is 15.3. The fourth-order valence-electron chi connectivity index (χ4n) is 9.18. The van der Waals surface area contributed by atoms with E-state index >= 15 is 0 Å². The molecule has 3 aromatic heterocycles. The Morgan fingerprint density at radius 2 is 1.22 bits per heavy atom. The first kappa shape index (κ1) is 27.6. The molecule has 0 aliphatic carbocycles. The SMILES string of the molecule is CC(C)(C)c1ccc(N2B3c4c(cc5c(oc6ccccc65)c4-n4c5c3cccc5c3oc5ccccc5c34)-c3cc4ccccc4cc32)cc1. The van der Waals surface area contributed by atoms with E-state index in [-0.39, 0.29) is 12.3 Å². The minimum Gasteiger partial charge on any atom is -0.454 e. The number of aromatic nitrogens is 1. The van der Waals surface area contributed by atoms with E-state index in [4.69, 9.17) is 8.83 Å². The lowest BCUT2D eigenvalue weighted by molar-refractivity contribution is 0.590. The van der Waals surface area contributed by atoms with Gasteiger partial charge in [0, 0.05) is 38.5 Å². The summed E-state index contributed by atoms with van der Waals surface area (Å²) in [7, 11) is 0. The number of hydrogen-bond donors (Lipinski definition) is 0. The second kappa shape index (κ2) is 9.32. The number of rotatable bonds is 1. The number of hydrogen-bond acceptors (Lipinski definition) is 3. The average Bonchev–Trinajstić information content (AvgIpc) is 3.82. The Hall–Kier alpha value is -6.20. The van der Waals surface area contributed by atoms with Gasteiger partial charge in [-0.1, -0.05) is 99.6 Å². The van der Waals surface area contributed by atoms with Gasteiger partial charge in [-0.3, -0.25) is 0 Å². The van der Waals surface area contributed by atoms with Crippen LogP contribution in [0.15, 0.2) is 142 Å². The van der Waals surface area contributed by atoms with Crippen molar-refractivity contribution in [1.82, 2.24) is 4.57 Å². The first-order valence-electron chi connectivity index (χ1n) is 17.8. The van der Waals surface area contributed by atoms with Gasteiger partial charge in [-0.05, 0) is 92.8 Å². The zero-order valence-corrected chi connectivity index (χ0v) is 28.5. The van der Waals surface area contributed by atoms with Gasteiger partial charge in [-0.15, -0.1) is 0 Å². The second-order valence-electron chi connectivity index (χ2n) is 15.3. The van der Waals surface area contributed by atoms with Crippen molar-refractivity contribution in [3.63, 3.8) is 0 Å². The van der Waals surface area contributed by atoms with Gasteiger partial charge in [0.25, 0.3) is 0 Å². The average molecular weight is 655 g/mol. The summed E-state index contributed by atoms with van der Waals surface area (Å²) in [5.74, 6) is 0. The van der Waals surface area contributed by atoms with E-state index in [1.807, 2.05) is 0 Å². The molecule has 0 saturated heterocycles. The number of anilines is 2. The van der Waals surface area contributed by atoms with E-state index in [1.54, 1.807) is 0 Å². The van der Waals surface area contributed by atoms with Crippen molar-refractivity contribution < 1.29 is 8.83 Å². The molecular formula is C46H31BN2O2. The van der Waals surface area contributed by atoms with Crippen LogP contribution in [0.5, 0.6) is 0 Å². The quantitative estimate of drug-likeness (QED) is 0.165. The maximum atomic E-state index is 6.96. The molecule has 0 fully saturated rings. The van der Waals surface area contributed by atoms with E-state index < -0.39 is 0 Å². The molecule has 10 aromatic rings. The van der Waals surface area contributed by atoms with Crippen molar-refractivity contribution in [2.75, 3.05) is 4.81 Å². The van der Waals surface area contributed by atoms with Crippen LogP contribution in [0.3, 0.4) is 0 Å². The smallest absolute Gasteiger partial charge is 0.333 e. The van der Waals surface area contributed by atoms with Crippen molar-refractivity contribution in [2.24, 2.45) is 0 Å². The van der Waals surface area contributed by atoms with Crippen LogP contribution in [0, 0.1) is 0 Å². The van der Waals surface area contributed by atoms with Gasteiger partial charge in [-0.25, -0.2) is 0 Å². The highest BCUT2D eigenvalue weighted by Crippen LogP contribution is 2.49. The monoisotopic (exact) mass is 654 g/mol. The fourth-order valence-corrected chi connectivity index (χ4v) is 9.18. The third-order valence-electron chi connectivity index (χ3n) is 11.5. The first-order valence-corrected chi connectivity index (χ1v) is 17.8. The number of benzene rings is 7. The molecule has 0 amide bonds. The van der Waals surface area contributed by atoms with Crippen molar-refractivity contribution >= 4 is 94.8 Å². The normalized spacial score (nSPS) is 13.7. The van der Waals surface area contributed by atoms with Crippen molar-refractivity contribution in [3.8, 4) is 16.8 Å². The molecule has 2 aliphatic heterocycles. The van der Waals surface area contributed by atoms with Gasteiger partial charge in [0.15, 0.2) is 11.2 Å². The molecule has 12 rings (SSSR count). The molecule has 0 atom stereocenters. The Labute approximate surface area is 294 Å². The highest BCUT2D eigenvalue weighted by atomic mass is 16.3. The topological polar surface area (TPSA) is 34.5 Å². The minimum atomic E-state index is -0.108. The Balaban J connectivity index is 1.31. The molecule has 2 aliphatic rings. The van der Waals surface area contributed by atoms with E-state index in [2.05, 4.69) is 164 Å². The molecule has 0 radical (unpaired) electrons. The lowest BCUT2D eigenvalue weighted by Gasteiger charge is -2.42. The van der Waals surface area contributed by atoms with Crippen LogP contribution < -0.4 is 15.7 Å². The number of furan rings is 2. The molecule has 0 saturated carbocycles. The lowest BCUT2D eigenvalue weighted by Crippen LogP contribution is -2.60. The molecule has 7 aromatic carbocycles. The highest BCUT2D eigenvalue weighted by Gasteiger charge is 2.46. The van der Waals surface area contributed by atoms with Crippen LogP contribution >= 0.6 is 0 Å². The minimum absolute atomic E-state index is 0.0509. The Bertz CT molecular complexity index is 3140. The maximum Gasteiger partial charge on any atom is 0.333 e. The van der Waals surface area contributed by atoms with Crippen molar-refractivity contribution in [1.29, 1.82) is 0 Å². The molecular weight excluding hydrogens is 623 g/mol. The van der Waals surface area contributed by atoms with Crippen molar-refractivity contribution in [3.05, 3.63) is 139 Å². The van der Waals surface area contributed by atoms with E-state index in [9.17, 15) is 0 Å². The Morgan fingerprint density at radius 3 is 2.00 bits per heavy atom. The highest BCUT2D eigenvalue weighted by molar-refractivity contribution is 6.94. The zero-order valence-electron chi connectivity index (χ0n) is 28.5. The summed E-state index contributed by atoms with van der Waals surface area (Å²) in [6, 6.07) is 48.8. The number of para-hydroxylation sites is 3. The lowest BCUT2D eigenvalue weighted by atomic mass is 9.44. The molecule has 0 N–H and O–H groups in total.